The Balaban J connectivity index is 2.49. The fourth-order valence-corrected chi connectivity index (χ4v) is 2.46. The van der Waals surface area contributed by atoms with Crippen LogP contribution in [0.1, 0.15) is 18.7 Å². The third kappa shape index (κ3) is 3.96. The first-order valence-corrected chi connectivity index (χ1v) is 5.77. The van der Waals surface area contributed by atoms with Crippen molar-refractivity contribution in [1.29, 1.82) is 0 Å². The zero-order valence-corrected chi connectivity index (χ0v) is 9.99. The van der Waals surface area contributed by atoms with Crippen LogP contribution in [0.5, 0.6) is 0 Å². The molecule has 1 N–H and O–H groups in total. The third-order valence-corrected chi connectivity index (χ3v) is 3.03. The quantitative estimate of drug-likeness (QED) is 0.849. The van der Waals surface area contributed by atoms with Crippen LogP contribution >= 0.6 is 22.9 Å². The van der Waals surface area contributed by atoms with Gasteiger partial charge in [0.15, 0.2) is 0 Å². The third-order valence-electron chi connectivity index (χ3n) is 1.80. The molecular formula is C10H15ClO2S. The lowest BCUT2D eigenvalue weighted by molar-refractivity contribution is -0.0291. The summed E-state index contributed by atoms with van der Waals surface area (Å²) >= 11 is 7.30. The van der Waals surface area contributed by atoms with Crippen molar-refractivity contribution < 1.29 is 9.84 Å². The second kappa shape index (κ2) is 5.12. The number of rotatable bonds is 5. The summed E-state index contributed by atoms with van der Waals surface area (Å²) in [5.74, 6) is 0. The van der Waals surface area contributed by atoms with E-state index in [0.717, 1.165) is 9.21 Å². The maximum atomic E-state index is 9.95. The van der Waals surface area contributed by atoms with E-state index in [2.05, 4.69) is 0 Å². The Bertz CT molecular complexity index is 283. The van der Waals surface area contributed by atoms with Gasteiger partial charge in [0.1, 0.15) is 0 Å². The van der Waals surface area contributed by atoms with Crippen molar-refractivity contribution in [2.75, 3.05) is 13.2 Å². The van der Waals surface area contributed by atoms with Gasteiger partial charge in [-0.25, -0.2) is 0 Å². The average molecular weight is 235 g/mol. The smallest absolute Gasteiger partial charge is 0.0931 e. The number of ether oxygens (including phenoxy) is 1. The lowest BCUT2D eigenvalue weighted by Crippen LogP contribution is -2.32. The van der Waals surface area contributed by atoms with Gasteiger partial charge in [-0.05, 0) is 26.0 Å². The van der Waals surface area contributed by atoms with Gasteiger partial charge < -0.3 is 9.84 Å². The summed E-state index contributed by atoms with van der Waals surface area (Å²) in [6.45, 7) is 4.68. The summed E-state index contributed by atoms with van der Waals surface area (Å²) in [7, 11) is 0. The van der Waals surface area contributed by atoms with Crippen LogP contribution in [-0.2, 0) is 11.2 Å². The van der Waals surface area contributed by atoms with Gasteiger partial charge in [0.2, 0.25) is 0 Å². The van der Waals surface area contributed by atoms with Crippen LogP contribution in [0.2, 0.25) is 4.34 Å². The van der Waals surface area contributed by atoms with Crippen molar-refractivity contribution in [2.45, 2.75) is 25.9 Å². The zero-order chi connectivity index (χ0) is 10.6. The first-order chi connectivity index (χ1) is 6.53. The monoisotopic (exact) mass is 234 g/mol. The van der Waals surface area contributed by atoms with Crippen LogP contribution < -0.4 is 0 Å². The average Bonchev–Trinajstić information content (AvgIpc) is 2.47. The lowest BCUT2D eigenvalue weighted by atomic mass is 10.0. The van der Waals surface area contributed by atoms with Crippen LogP contribution in [-0.4, -0.2) is 23.9 Å². The molecule has 1 atom stereocenters. The van der Waals surface area contributed by atoms with Gasteiger partial charge in [-0.2, -0.15) is 0 Å². The number of hydrogen-bond donors (Lipinski definition) is 1. The van der Waals surface area contributed by atoms with Gasteiger partial charge in [-0.3, -0.25) is 0 Å². The molecule has 1 aromatic heterocycles. The van der Waals surface area contributed by atoms with Crippen LogP contribution in [0.3, 0.4) is 0 Å². The molecule has 0 aliphatic carbocycles. The van der Waals surface area contributed by atoms with E-state index in [4.69, 9.17) is 16.3 Å². The maximum Gasteiger partial charge on any atom is 0.0931 e. The molecule has 0 fully saturated rings. The zero-order valence-electron chi connectivity index (χ0n) is 8.42. The molecule has 0 spiro atoms. The van der Waals surface area contributed by atoms with E-state index in [1.54, 1.807) is 6.92 Å². The molecule has 14 heavy (non-hydrogen) atoms. The molecule has 0 saturated carbocycles. The Morgan fingerprint density at radius 3 is 2.79 bits per heavy atom. The Morgan fingerprint density at radius 1 is 1.57 bits per heavy atom. The number of hydrogen-bond acceptors (Lipinski definition) is 3. The molecule has 1 aromatic rings. The number of halogens is 1. The molecule has 1 rings (SSSR count). The highest BCUT2D eigenvalue weighted by Gasteiger charge is 2.21. The predicted molar refractivity (Wildman–Crippen MR) is 60.1 cm³/mol. The first kappa shape index (κ1) is 12.0. The summed E-state index contributed by atoms with van der Waals surface area (Å²) in [4.78, 5) is 1.08. The van der Waals surface area contributed by atoms with Crippen LogP contribution in [0.25, 0.3) is 0 Å². The van der Waals surface area contributed by atoms with Crippen molar-refractivity contribution in [3.63, 3.8) is 0 Å². The molecule has 0 aliphatic heterocycles. The Morgan fingerprint density at radius 2 is 2.29 bits per heavy atom. The van der Waals surface area contributed by atoms with Gasteiger partial charge in [-0.1, -0.05) is 11.6 Å². The molecule has 0 bridgehead atoms. The van der Waals surface area contributed by atoms with Gasteiger partial charge >= 0.3 is 0 Å². The molecule has 0 aliphatic rings. The van der Waals surface area contributed by atoms with Gasteiger partial charge in [0.25, 0.3) is 0 Å². The summed E-state index contributed by atoms with van der Waals surface area (Å²) < 4.78 is 5.96. The lowest BCUT2D eigenvalue weighted by Gasteiger charge is -2.21. The standard InChI is InChI=1S/C10H15ClO2S/c1-3-13-7-10(2,12)6-8-4-5-9(11)14-8/h4-5,12H,3,6-7H2,1-2H3. The minimum absolute atomic E-state index is 0.360. The van der Waals surface area contributed by atoms with E-state index in [9.17, 15) is 5.11 Å². The Kier molecular flexibility index (Phi) is 4.38. The fraction of sp³-hybridized carbons (Fsp3) is 0.600. The number of thiophene rings is 1. The van der Waals surface area contributed by atoms with Gasteiger partial charge in [0.05, 0.1) is 16.5 Å². The molecule has 2 nitrogen and oxygen atoms in total. The van der Waals surface area contributed by atoms with E-state index < -0.39 is 5.60 Å². The molecule has 0 amide bonds. The second-order valence-corrected chi connectivity index (χ2v) is 5.32. The maximum absolute atomic E-state index is 9.95. The molecule has 1 unspecified atom stereocenters. The van der Waals surface area contributed by atoms with E-state index in [-0.39, 0.29) is 0 Å². The molecule has 1 heterocycles. The predicted octanol–water partition coefficient (Wildman–Crippen LogP) is 2.73. The summed E-state index contributed by atoms with van der Waals surface area (Å²) in [6.07, 6.45) is 0.588. The minimum atomic E-state index is -0.801. The van der Waals surface area contributed by atoms with Gasteiger partial charge in [0, 0.05) is 17.9 Å². The molecule has 80 valence electrons. The van der Waals surface area contributed by atoms with Gasteiger partial charge in [-0.15, -0.1) is 11.3 Å². The molecule has 0 saturated heterocycles. The normalized spacial score (nSPS) is 15.4. The van der Waals surface area contributed by atoms with Crippen molar-refractivity contribution in [3.05, 3.63) is 21.3 Å². The van der Waals surface area contributed by atoms with Crippen molar-refractivity contribution in [3.8, 4) is 0 Å². The van der Waals surface area contributed by atoms with Crippen molar-refractivity contribution in [1.82, 2.24) is 0 Å². The second-order valence-electron chi connectivity index (χ2n) is 3.52. The first-order valence-electron chi connectivity index (χ1n) is 4.58. The SMILES string of the molecule is CCOCC(C)(O)Cc1ccc(Cl)s1. The highest BCUT2D eigenvalue weighted by molar-refractivity contribution is 7.16. The summed E-state index contributed by atoms with van der Waals surface area (Å²) in [5.41, 5.74) is -0.801. The Labute approximate surface area is 93.5 Å². The number of aliphatic hydroxyl groups is 1. The minimum Gasteiger partial charge on any atom is -0.387 e. The summed E-state index contributed by atoms with van der Waals surface area (Å²) in [5, 5.41) is 9.95. The van der Waals surface area contributed by atoms with Crippen LogP contribution in [0, 0.1) is 0 Å². The topological polar surface area (TPSA) is 29.5 Å². The molecule has 0 radical (unpaired) electrons. The summed E-state index contributed by atoms with van der Waals surface area (Å²) in [6, 6.07) is 3.78. The van der Waals surface area contributed by atoms with Crippen LogP contribution in [0.4, 0.5) is 0 Å². The van der Waals surface area contributed by atoms with E-state index >= 15 is 0 Å². The fourth-order valence-electron chi connectivity index (χ4n) is 1.20. The molecular weight excluding hydrogens is 220 g/mol. The van der Waals surface area contributed by atoms with Crippen LogP contribution in [0.15, 0.2) is 12.1 Å². The van der Waals surface area contributed by atoms with Crippen molar-refractivity contribution in [2.24, 2.45) is 0 Å². The highest BCUT2D eigenvalue weighted by atomic mass is 35.5. The van der Waals surface area contributed by atoms with E-state index in [1.807, 2.05) is 19.1 Å². The van der Waals surface area contributed by atoms with Crippen molar-refractivity contribution >= 4 is 22.9 Å². The Hall–Kier alpha value is -0.0900. The largest absolute Gasteiger partial charge is 0.387 e. The molecule has 4 heteroatoms. The van der Waals surface area contributed by atoms with E-state index in [1.165, 1.54) is 11.3 Å². The highest BCUT2D eigenvalue weighted by Crippen LogP contribution is 2.25. The van der Waals surface area contributed by atoms with E-state index in [0.29, 0.717) is 19.6 Å². The molecule has 0 aromatic carbocycles.